The molecule has 2 heterocycles. The molecule has 10 heteroatoms. The third kappa shape index (κ3) is 6.81. The number of aliphatic hydroxyl groups is 6. The van der Waals surface area contributed by atoms with Crippen molar-refractivity contribution in [2.75, 3.05) is 13.2 Å². The Kier molecular flexibility index (Phi) is 11.1. The molecule has 1 aromatic rings. The molecular formula is C37H58O10. The largest absolute Gasteiger partial charge is 0.394 e. The Bertz CT molecular complexity index is 1210. The zero-order valence-corrected chi connectivity index (χ0v) is 28.5. The second-order valence-electron chi connectivity index (χ2n) is 15.8. The van der Waals surface area contributed by atoms with Crippen molar-refractivity contribution >= 4 is 0 Å². The van der Waals surface area contributed by atoms with Crippen LogP contribution in [0.1, 0.15) is 101 Å². The Labute approximate surface area is 279 Å². The smallest absolute Gasteiger partial charge is 0.187 e. The van der Waals surface area contributed by atoms with Crippen LogP contribution in [-0.2, 0) is 38.2 Å². The molecule has 266 valence electrons. The molecule has 5 aliphatic rings. The first-order valence-electron chi connectivity index (χ1n) is 18.2. The van der Waals surface area contributed by atoms with Crippen LogP contribution in [0.15, 0.2) is 12.1 Å². The maximum atomic E-state index is 11.2. The third-order valence-electron chi connectivity index (χ3n) is 12.5. The molecule has 14 atom stereocenters. The van der Waals surface area contributed by atoms with Gasteiger partial charge in [0.05, 0.1) is 19.3 Å². The summed E-state index contributed by atoms with van der Waals surface area (Å²) in [7, 11) is 0. The molecule has 0 spiro atoms. The molecule has 1 aromatic carbocycles. The van der Waals surface area contributed by atoms with Crippen LogP contribution in [0, 0.1) is 23.2 Å². The summed E-state index contributed by atoms with van der Waals surface area (Å²) in [6.45, 7) is 8.63. The van der Waals surface area contributed by atoms with Gasteiger partial charge in [0.15, 0.2) is 12.6 Å². The molecule has 0 radical (unpaired) electrons. The second kappa shape index (κ2) is 14.6. The maximum absolute atomic E-state index is 11.2. The molecule has 3 fully saturated rings. The molecule has 6 rings (SSSR count). The highest BCUT2D eigenvalue weighted by atomic mass is 16.7. The molecule has 0 aromatic heterocycles. The molecular weight excluding hydrogens is 604 g/mol. The normalized spacial score (nSPS) is 42.3. The average molecular weight is 663 g/mol. The van der Waals surface area contributed by atoms with Gasteiger partial charge >= 0.3 is 0 Å². The number of aliphatic hydroxyl groups excluding tert-OH is 6. The standard InChI is InChI=1S/C37H58O10/c1-19(2)6-5-7-20(3)26-12-13-27-25-10-8-21-16-22(9-11-23(21)24(25)14-15-37(26,27)4)44-36-33(43)34(31(41)29(18-39)46-36)47-35-32(42)30(40)28(17-38)45-35/h8,10,19-20,22,26-36,38-43H,5-7,9,11-18H2,1-4H3. The number of rotatable bonds is 11. The first-order chi connectivity index (χ1) is 22.5. The van der Waals surface area contributed by atoms with Gasteiger partial charge in [-0.2, -0.15) is 0 Å². The summed E-state index contributed by atoms with van der Waals surface area (Å²) < 4.78 is 23.3. The van der Waals surface area contributed by atoms with E-state index < -0.39 is 68.5 Å². The van der Waals surface area contributed by atoms with E-state index in [0.29, 0.717) is 17.8 Å². The molecule has 2 saturated heterocycles. The number of fused-ring (bicyclic) bond motifs is 5. The lowest BCUT2D eigenvalue weighted by molar-refractivity contribution is -0.337. The fourth-order valence-electron chi connectivity index (χ4n) is 9.81. The van der Waals surface area contributed by atoms with Crippen LogP contribution < -0.4 is 0 Å². The van der Waals surface area contributed by atoms with E-state index in [9.17, 15) is 30.6 Å². The topological polar surface area (TPSA) is 158 Å². The summed E-state index contributed by atoms with van der Waals surface area (Å²) in [6.07, 6.45) is -0.907. The van der Waals surface area contributed by atoms with Gasteiger partial charge in [-0.1, -0.05) is 59.1 Å². The van der Waals surface area contributed by atoms with Gasteiger partial charge in [0.2, 0.25) is 0 Å². The SMILES string of the molecule is CC(C)CCCC(C)C1CCC2c3ccc4c(c3CCC21C)CCC(OC1OC(CO)C(O)C(OC2OC(CO)C(O)C2O)C1O)C4. The number of benzene rings is 1. The van der Waals surface area contributed by atoms with Gasteiger partial charge in [-0.05, 0) is 96.3 Å². The van der Waals surface area contributed by atoms with Crippen LogP contribution in [-0.4, -0.2) is 105 Å². The molecule has 0 amide bonds. The molecule has 3 aliphatic carbocycles. The lowest BCUT2D eigenvalue weighted by Gasteiger charge is -2.45. The van der Waals surface area contributed by atoms with E-state index in [-0.39, 0.29) is 6.10 Å². The van der Waals surface area contributed by atoms with Crippen molar-refractivity contribution in [2.24, 2.45) is 23.2 Å². The highest BCUT2D eigenvalue weighted by Crippen LogP contribution is 2.61. The van der Waals surface area contributed by atoms with Crippen LogP contribution in [0.2, 0.25) is 0 Å². The van der Waals surface area contributed by atoms with E-state index in [0.717, 1.165) is 37.0 Å². The van der Waals surface area contributed by atoms with Gasteiger partial charge in [-0.25, -0.2) is 0 Å². The van der Waals surface area contributed by atoms with Gasteiger partial charge in [-0.15, -0.1) is 0 Å². The maximum Gasteiger partial charge on any atom is 0.187 e. The number of hydrogen-bond acceptors (Lipinski definition) is 10. The first kappa shape index (κ1) is 35.6. The van der Waals surface area contributed by atoms with Crippen molar-refractivity contribution in [1.29, 1.82) is 0 Å². The van der Waals surface area contributed by atoms with E-state index >= 15 is 0 Å². The fourth-order valence-corrected chi connectivity index (χ4v) is 9.81. The average Bonchev–Trinajstić information content (AvgIpc) is 3.55. The number of hydrogen-bond donors (Lipinski definition) is 6. The van der Waals surface area contributed by atoms with Crippen LogP contribution in [0.3, 0.4) is 0 Å². The molecule has 14 unspecified atom stereocenters. The lowest BCUT2D eigenvalue weighted by Crippen LogP contribution is -2.62. The Morgan fingerprint density at radius 1 is 0.809 bits per heavy atom. The molecule has 0 bridgehead atoms. The van der Waals surface area contributed by atoms with E-state index in [1.54, 1.807) is 11.1 Å². The van der Waals surface area contributed by atoms with Crippen molar-refractivity contribution in [3.63, 3.8) is 0 Å². The predicted octanol–water partition coefficient (Wildman–Crippen LogP) is 2.73. The van der Waals surface area contributed by atoms with Gasteiger partial charge in [0.1, 0.15) is 42.7 Å². The van der Waals surface area contributed by atoms with Crippen molar-refractivity contribution in [3.05, 3.63) is 34.4 Å². The van der Waals surface area contributed by atoms with Crippen LogP contribution >= 0.6 is 0 Å². The van der Waals surface area contributed by atoms with Gasteiger partial charge < -0.3 is 49.6 Å². The molecule has 1 saturated carbocycles. The van der Waals surface area contributed by atoms with E-state index in [4.69, 9.17) is 18.9 Å². The van der Waals surface area contributed by atoms with Gasteiger partial charge in [-0.3, -0.25) is 0 Å². The minimum atomic E-state index is -1.49. The second-order valence-corrected chi connectivity index (χ2v) is 15.8. The summed E-state index contributed by atoms with van der Waals surface area (Å²) in [5.74, 6) is 2.92. The van der Waals surface area contributed by atoms with Crippen molar-refractivity contribution in [1.82, 2.24) is 0 Å². The minimum absolute atomic E-state index is 0.249. The van der Waals surface area contributed by atoms with E-state index in [1.165, 1.54) is 49.7 Å². The zero-order chi connectivity index (χ0) is 33.6. The lowest BCUT2D eigenvalue weighted by atomic mass is 9.59. The van der Waals surface area contributed by atoms with E-state index in [1.807, 2.05) is 0 Å². The minimum Gasteiger partial charge on any atom is -0.394 e. The molecule has 47 heavy (non-hydrogen) atoms. The van der Waals surface area contributed by atoms with Crippen molar-refractivity contribution in [3.8, 4) is 0 Å². The zero-order valence-electron chi connectivity index (χ0n) is 28.5. The third-order valence-corrected chi connectivity index (χ3v) is 12.5. The fraction of sp³-hybridized carbons (Fsp3) is 0.838. The van der Waals surface area contributed by atoms with Crippen LogP contribution in [0.5, 0.6) is 0 Å². The van der Waals surface area contributed by atoms with Crippen molar-refractivity contribution < 1.29 is 49.6 Å². The quantitative estimate of drug-likeness (QED) is 0.208. The summed E-state index contributed by atoms with van der Waals surface area (Å²) in [5, 5.41) is 61.8. The molecule has 6 N–H and O–H groups in total. The Hall–Kier alpha value is -1.18. The molecule has 10 nitrogen and oxygen atoms in total. The Morgan fingerprint density at radius 2 is 1.51 bits per heavy atom. The number of ether oxygens (including phenoxy) is 4. The summed E-state index contributed by atoms with van der Waals surface area (Å²) in [6, 6.07) is 4.65. The monoisotopic (exact) mass is 662 g/mol. The van der Waals surface area contributed by atoms with Crippen LogP contribution in [0.4, 0.5) is 0 Å². The first-order valence-corrected chi connectivity index (χ1v) is 18.2. The predicted molar refractivity (Wildman–Crippen MR) is 173 cm³/mol. The van der Waals surface area contributed by atoms with Gasteiger partial charge in [0, 0.05) is 0 Å². The highest BCUT2D eigenvalue weighted by molar-refractivity contribution is 5.47. The highest BCUT2D eigenvalue weighted by Gasteiger charge is 2.53. The summed E-state index contributed by atoms with van der Waals surface area (Å²) in [4.78, 5) is 0. The Morgan fingerprint density at radius 3 is 2.19 bits per heavy atom. The van der Waals surface area contributed by atoms with Crippen LogP contribution in [0.25, 0.3) is 0 Å². The summed E-state index contributed by atoms with van der Waals surface area (Å²) in [5.41, 5.74) is 6.18. The molecule has 2 aliphatic heterocycles. The summed E-state index contributed by atoms with van der Waals surface area (Å²) >= 11 is 0. The Balaban J connectivity index is 1.11. The van der Waals surface area contributed by atoms with Crippen molar-refractivity contribution in [2.45, 2.75) is 159 Å². The van der Waals surface area contributed by atoms with E-state index in [2.05, 4.69) is 39.8 Å². The van der Waals surface area contributed by atoms with Gasteiger partial charge in [0.25, 0.3) is 0 Å².